The Hall–Kier alpha value is -1.57. The molecule has 2 heterocycles. The Bertz CT molecular complexity index is 746. The van der Waals surface area contributed by atoms with E-state index in [1.165, 1.54) is 28.4 Å². The number of nitrogens with zero attached hydrogens (tertiary/aromatic N) is 1. The van der Waals surface area contributed by atoms with Crippen molar-refractivity contribution in [2.45, 2.75) is 44.0 Å². The molecule has 1 aromatic heterocycles. The number of methoxy groups -OCH3 is 1. The fourth-order valence-electron chi connectivity index (χ4n) is 3.22. The minimum atomic E-state index is 0.0641. The average molecular weight is 407 g/mol. The van der Waals surface area contributed by atoms with Gasteiger partial charge in [0.15, 0.2) is 5.13 Å². The minimum Gasteiger partial charge on any atom is -0.497 e. The predicted octanol–water partition coefficient (Wildman–Crippen LogP) is 3.01. The van der Waals surface area contributed by atoms with Gasteiger partial charge in [0.05, 0.1) is 30.8 Å². The Morgan fingerprint density at radius 2 is 2.19 bits per heavy atom. The molecule has 7 heteroatoms. The maximum atomic E-state index is 12.2. The van der Waals surface area contributed by atoms with E-state index in [-0.39, 0.29) is 5.91 Å². The van der Waals surface area contributed by atoms with E-state index >= 15 is 0 Å². The first-order valence-electron chi connectivity index (χ1n) is 9.56. The largest absolute Gasteiger partial charge is 0.497 e. The Kier molecular flexibility index (Phi) is 7.55. The number of anilines is 1. The number of aromatic nitrogens is 1. The number of ether oxygens (including phenoxy) is 1. The summed E-state index contributed by atoms with van der Waals surface area (Å²) in [6.45, 7) is 5.65. The number of hydrogen-bond donors (Lipinski definition) is 2. The molecule has 0 bridgehead atoms. The summed E-state index contributed by atoms with van der Waals surface area (Å²) < 4.78 is 5.16. The quantitative estimate of drug-likeness (QED) is 0.497. The van der Waals surface area contributed by atoms with Crippen molar-refractivity contribution in [3.05, 3.63) is 34.8 Å². The predicted molar refractivity (Wildman–Crippen MR) is 112 cm³/mol. The number of carbonyl (C=O) groups excluding carboxylic acids is 1. The molecule has 0 saturated carbocycles. The molecule has 3 rings (SSSR count). The number of quaternary nitrogens is 1. The molecule has 1 atom stereocenters. The van der Waals surface area contributed by atoms with E-state index in [9.17, 15) is 4.79 Å². The first kappa shape index (κ1) is 20.2. The topological polar surface area (TPSA) is 55.7 Å². The molecule has 1 amide bonds. The summed E-state index contributed by atoms with van der Waals surface area (Å²) >= 11 is 3.42. The molecule has 0 radical (unpaired) electrons. The molecule has 0 spiro atoms. The molecule has 1 aliphatic heterocycles. The second-order valence-electron chi connectivity index (χ2n) is 6.74. The molecule has 1 aromatic carbocycles. The fraction of sp³-hybridized carbons (Fsp3) is 0.500. The lowest BCUT2D eigenvalue weighted by Crippen LogP contribution is -3.11. The van der Waals surface area contributed by atoms with Gasteiger partial charge >= 0.3 is 0 Å². The fourth-order valence-corrected chi connectivity index (χ4v) is 5.17. The highest BCUT2D eigenvalue weighted by Gasteiger charge is 2.23. The standard InChI is InChI=1S/C20H27N3O2S2/c1-3-11-23-12-10-17-18(14-23)27-20(21-17)22-19(24)5-4-13-26-16-8-6-15(25-2)7-9-16/h6-9H,3-5,10-14H2,1-2H3,(H,21,22,24)/p+1. The number of amides is 1. The van der Waals surface area contributed by atoms with Crippen molar-refractivity contribution in [3.63, 3.8) is 0 Å². The summed E-state index contributed by atoms with van der Waals surface area (Å²) in [6, 6.07) is 8.02. The smallest absolute Gasteiger partial charge is 0.226 e. The van der Waals surface area contributed by atoms with Crippen molar-refractivity contribution >= 4 is 34.1 Å². The van der Waals surface area contributed by atoms with Crippen molar-refractivity contribution in [2.75, 3.05) is 31.3 Å². The summed E-state index contributed by atoms with van der Waals surface area (Å²) in [5.41, 5.74) is 1.19. The molecule has 2 aromatic rings. The molecule has 1 unspecified atom stereocenters. The van der Waals surface area contributed by atoms with Gasteiger partial charge in [-0.3, -0.25) is 4.79 Å². The van der Waals surface area contributed by atoms with Crippen LogP contribution >= 0.6 is 23.1 Å². The molecule has 1 aliphatic rings. The maximum Gasteiger partial charge on any atom is 0.226 e. The van der Waals surface area contributed by atoms with Crippen LogP contribution in [0, 0.1) is 0 Å². The molecule has 0 aliphatic carbocycles. The van der Waals surface area contributed by atoms with Gasteiger partial charge < -0.3 is 15.0 Å². The van der Waals surface area contributed by atoms with Gasteiger partial charge in [-0.2, -0.15) is 0 Å². The van der Waals surface area contributed by atoms with Gasteiger partial charge in [-0.25, -0.2) is 4.98 Å². The first-order valence-corrected chi connectivity index (χ1v) is 11.4. The second kappa shape index (κ2) is 10.1. The summed E-state index contributed by atoms with van der Waals surface area (Å²) in [4.78, 5) is 21.0. The van der Waals surface area contributed by atoms with Crippen LogP contribution in [-0.4, -0.2) is 36.8 Å². The molecule has 146 valence electrons. The normalized spacial score (nSPS) is 16.0. The van der Waals surface area contributed by atoms with Crippen LogP contribution in [0.1, 0.15) is 36.8 Å². The lowest BCUT2D eigenvalue weighted by molar-refractivity contribution is -0.915. The number of carbonyl (C=O) groups is 1. The van der Waals surface area contributed by atoms with Crippen LogP contribution in [0.5, 0.6) is 5.75 Å². The van der Waals surface area contributed by atoms with E-state index in [2.05, 4.69) is 17.2 Å². The third-order valence-corrected chi connectivity index (χ3v) is 6.74. The zero-order valence-electron chi connectivity index (χ0n) is 16.0. The minimum absolute atomic E-state index is 0.0641. The molecule has 0 saturated heterocycles. The summed E-state index contributed by atoms with van der Waals surface area (Å²) in [6.07, 6.45) is 3.61. The van der Waals surface area contributed by atoms with Gasteiger partial charge in [-0.1, -0.05) is 18.3 Å². The third-order valence-electron chi connectivity index (χ3n) is 4.63. The van der Waals surface area contributed by atoms with Gasteiger partial charge in [0, 0.05) is 17.7 Å². The van der Waals surface area contributed by atoms with Crippen LogP contribution in [0.2, 0.25) is 0 Å². The lowest BCUT2D eigenvalue weighted by atomic mass is 10.2. The highest BCUT2D eigenvalue weighted by molar-refractivity contribution is 7.99. The number of thioether (sulfide) groups is 1. The summed E-state index contributed by atoms with van der Waals surface area (Å²) in [7, 11) is 1.67. The van der Waals surface area contributed by atoms with Crippen molar-refractivity contribution in [1.82, 2.24) is 4.98 Å². The number of thiazole rings is 1. The molecule has 2 N–H and O–H groups in total. The average Bonchev–Trinajstić information content (AvgIpc) is 3.07. The van der Waals surface area contributed by atoms with Crippen molar-refractivity contribution in [2.24, 2.45) is 0 Å². The Balaban J connectivity index is 1.39. The first-order chi connectivity index (χ1) is 13.2. The number of fused-ring (bicyclic) bond motifs is 1. The Morgan fingerprint density at radius 3 is 2.93 bits per heavy atom. The molecule has 0 fully saturated rings. The van der Waals surface area contributed by atoms with E-state index in [0.717, 1.165) is 42.6 Å². The number of rotatable bonds is 9. The van der Waals surface area contributed by atoms with Crippen molar-refractivity contribution in [3.8, 4) is 5.75 Å². The van der Waals surface area contributed by atoms with Gasteiger partial charge in [0.1, 0.15) is 12.3 Å². The highest BCUT2D eigenvalue weighted by Crippen LogP contribution is 2.25. The molecular weight excluding hydrogens is 378 g/mol. The Labute approximate surface area is 169 Å². The van der Waals surface area contributed by atoms with Crippen LogP contribution < -0.4 is 15.0 Å². The molecule has 27 heavy (non-hydrogen) atoms. The van der Waals surface area contributed by atoms with Crippen LogP contribution in [0.4, 0.5) is 5.13 Å². The number of nitrogens with one attached hydrogen (secondary N) is 2. The third kappa shape index (κ3) is 5.96. The van der Waals surface area contributed by atoms with Crippen molar-refractivity contribution in [1.29, 1.82) is 0 Å². The highest BCUT2D eigenvalue weighted by atomic mass is 32.2. The van der Waals surface area contributed by atoms with E-state index in [4.69, 9.17) is 4.74 Å². The molecular formula is C20H28N3O2S2+. The molecule has 5 nitrogen and oxygen atoms in total. The second-order valence-corrected chi connectivity index (χ2v) is 8.99. The summed E-state index contributed by atoms with van der Waals surface area (Å²) in [5, 5.41) is 3.76. The number of benzene rings is 1. The van der Waals surface area contributed by atoms with Crippen LogP contribution in [-0.2, 0) is 17.8 Å². The summed E-state index contributed by atoms with van der Waals surface area (Å²) in [5.74, 6) is 1.85. The Morgan fingerprint density at radius 1 is 1.37 bits per heavy atom. The van der Waals surface area contributed by atoms with E-state index in [0.29, 0.717) is 6.42 Å². The van der Waals surface area contributed by atoms with Gasteiger partial charge in [-0.15, -0.1) is 11.8 Å². The van der Waals surface area contributed by atoms with E-state index in [1.54, 1.807) is 35.1 Å². The lowest BCUT2D eigenvalue weighted by Gasteiger charge is -2.22. The van der Waals surface area contributed by atoms with Gasteiger partial charge in [0.2, 0.25) is 5.91 Å². The van der Waals surface area contributed by atoms with E-state index in [1.807, 2.05) is 24.3 Å². The van der Waals surface area contributed by atoms with Gasteiger partial charge in [0.25, 0.3) is 0 Å². The SMILES string of the molecule is CCC[NH+]1CCc2nc(NC(=O)CCCSc3ccc(OC)cc3)sc2C1. The zero-order valence-corrected chi connectivity index (χ0v) is 17.7. The van der Waals surface area contributed by atoms with Crippen LogP contribution in [0.25, 0.3) is 0 Å². The van der Waals surface area contributed by atoms with Crippen LogP contribution in [0.15, 0.2) is 29.2 Å². The van der Waals surface area contributed by atoms with Gasteiger partial charge in [-0.05, 0) is 42.9 Å². The number of hydrogen-bond acceptors (Lipinski definition) is 5. The maximum absolute atomic E-state index is 12.2. The van der Waals surface area contributed by atoms with Crippen LogP contribution in [0.3, 0.4) is 0 Å². The van der Waals surface area contributed by atoms with Crippen molar-refractivity contribution < 1.29 is 14.4 Å². The van der Waals surface area contributed by atoms with E-state index < -0.39 is 0 Å². The monoisotopic (exact) mass is 406 g/mol. The zero-order chi connectivity index (χ0) is 19.1.